The van der Waals surface area contributed by atoms with Crippen molar-refractivity contribution in [3.05, 3.63) is 42.4 Å². The van der Waals surface area contributed by atoms with Crippen LogP contribution in [0.4, 0.5) is 0 Å². The Kier molecular flexibility index (Phi) is 5.30. The van der Waals surface area contributed by atoms with Crippen molar-refractivity contribution >= 4 is 11.8 Å². The number of carbonyl (C=O) groups excluding carboxylic acids is 2. The lowest BCUT2D eigenvalue weighted by molar-refractivity contribution is -0.130. The first kappa shape index (κ1) is 20.7. The highest BCUT2D eigenvalue weighted by molar-refractivity contribution is 5.92. The number of pyridine rings is 1. The molecule has 0 aliphatic carbocycles. The van der Waals surface area contributed by atoms with Gasteiger partial charge in [0.15, 0.2) is 5.82 Å². The summed E-state index contributed by atoms with van der Waals surface area (Å²) in [6, 6.07) is 3.64. The van der Waals surface area contributed by atoms with Crippen LogP contribution in [0.3, 0.4) is 0 Å². The molecule has 3 aromatic heterocycles. The molecule has 0 unspecified atom stereocenters. The van der Waals surface area contributed by atoms with Crippen LogP contribution in [-0.2, 0) is 10.2 Å². The molecule has 0 spiro atoms. The van der Waals surface area contributed by atoms with Gasteiger partial charge in [0.05, 0.1) is 5.56 Å². The van der Waals surface area contributed by atoms with Crippen LogP contribution in [-0.4, -0.2) is 72.5 Å². The highest BCUT2D eigenvalue weighted by Crippen LogP contribution is 2.23. The van der Waals surface area contributed by atoms with Gasteiger partial charge in [-0.1, -0.05) is 25.9 Å². The second-order valence-electron chi connectivity index (χ2n) is 8.54. The molecule has 3 aromatic rings. The maximum Gasteiger partial charge on any atom is 0.274 e. The largest absolute Gasteiger partial charge is 0.339 e. The van der Waals surface area contributed by atoms with E-state index in [2.05, 4.69) is 20.1 Å². The normalized spacial score (nSPS) is 14.7. The van der Waals surface area contributed by atoms with E-state index in [1.807, 2.05) is 26.8 Å². The molecule has 0 radical (unpaired) electrons. The molecule has 162 valence electrons. The lowest BCUT2D eigenvalue weighted by Crippen LogP contribution is -2.50. The molecule has 31 heavy (non-hydrogen) atoms. The molecule has 10 nitrogen and oxygen atoms in total. The second-order valence-corrected chi connectivity index (χ2v) is 8.54. The van der Waals surface area contributed by atoms with Crippen molar-refractivity contribution in [3.63, 3.8) is 0 Å². The number of rotatable bonds is 3. The van der Waals surface area contributed by atoms with Crippen molar-refractivity contribution in [1.29, 1.82) is 0 Å². The first-order chi connectivity index (χ1) is 14.7. The summed E-state index contributed by atoms with van der Waals surface area (Å²) in [7, 11) is 0. The number of amides is 2. The molecular weight excluding hydrogens is 398 g/mol. The Morgan fingerprint density at radius 1 is 1.03 bits per heavy atom. The van der Waals surface area contributed by atoms with E-state index in [1.165, 1.54) is 0 Å². The van der Waals surface area contributed by atoms with E-state index < -0.39 is 0 Å². The summed E-state index contributed by atoms with van der Waals surface area (Å²) in [4.78, 5) is 40.8. The lowest BCUT2D eigenvalue weighted by Gasteiger charge is -2.33. The maximum atomic E-state index is 12.7. The summed E-state index contributed by atoms with van der Waals surface area (Å²) in [6.45, 7) is 9.67. The van der Waals surface area contributed by atoms with Gasteiger partial charge < -0.3 is 14.3 Å². The number of piperazine rings is 1. The highest BCUT2D eigenvalue weighted by Gasteiger charge is 2.25. The molecule has 0 bridgehead atoms. The third kappa shape index (κ3) is 4.32. The van der Waals surface area contributed by atoms with E-state index in [0.29, 0.717) is 55.0 Å². The summed E-state index contributed by atoms with van der Waals surface area (Å²) in [6.07, 6.45) is 4.87. The van der Waals surface area contributed by atoms with Crippen LogP contribution in [0.25, 0.3) is 17.3 Å². The fourth-order valence-corrected chi connectivity index (χ4v) is 3.26. The van der Waals surface area contributed by atoms with Crippen molar-refractivity contribution in [2.75, 3.05) is 26.2 Å². The van der Waals surface area contributed by atoms with Crippen LogP contribution in [0.1, 0.15) is 44.0 Å². The fraction of sp³-hybridized carbons (Fsp3) is 0.429. The first-order valence-electron chi connectivity index (χ1n) is 10.1. The van der Waals surface area contributed by atoms with Crippen molar-refractivity contribution in [1.82, 2.24) is 34.5 Å². The number of imidazole rings is 1. The van der Waals surface area contributed by atoms with Gasteiger partial charge >= 0.3 is 0 Å². The molecule has 1 saturated heterocycles. The summed E-state index contributed by atoms with van der Waals surface area (Å²) in [5.74, 6) is 1.54. The summed E-state index contributed by atoms with van der Waals surface area (Å²) in [5, 5.41) is 4.03. The average molecular weight is 423 g/mol. The molecular formula is C21H25N7O3. The van der Waals surface area contributed by atoms with Gasteiger partial charge in [-0.3, -0.25) is 14.2 Å². The van der Waals surface area contributed by atoms with Crippen molar-refractivity contribution in [3.8, 4) is 17.3 Å². The van der Waals surface area contributed by atoms with Crippen molar-refractivity contribution in [2.24, 2.45) is 0 Å². The number of hydrogen-bond acceptors (Lipinski definition) is 7. The van der Waals surface area contributed by atoms with Crippen LogP contribution < -0.4 is 0 Å². The Labute approximate surface area is 179 Å². The van der Waals surface area contributed by atoms with Gasteiger partial charge in [0.25, 0.3) is 11.8 Å². The standard InChI is InChI=1S/C21H25N7O3/c1-14(29)26-7-9-27(10-8-26)19(30)16-12-28(13-23-16)17-6-5-15(11-22-17)18-24-20(25-31-18)21(2,3)4/h5-6,11-13H,7-10H2,1-4H3. The van der Waals surface area contributed by atoms with Gasteiger partial charge in [-0.2, -0.15) is 4.98 Å². The van der Waals surface area contributed by atoms with E-state index in [9.17, 15) is 9.59 Å². The monoisotopic (exact) mass is 423 g/mol. The fourth-order valence-electron chi connectivity index (χ4n) is 3.26. The van der Waals surface area contributed by atoms with E-state index in [4.69, 9.17) is 4.52 Å². The quantitative estimate of drug-likeness (QED) is 0.633. The lowest BCUT2D eigenvalue weighted by atomic mass is 9.96. The molecule has 0 aromatic carbocycles. The second kappa shape index (κ2) is 7.93. The number of hydrogen-bond donors (Lipinski definition) is 0. The number of carbonyl (C=O) groups is 2. The van der Waals surface area contributed by atoms with Crippen LogP contribution in [0.15, 0.2) is 35.4 Å². The minimum absolute atomic E-state index is 0.0288. The van der Waals surface area contributed by atoms with E-state index >= 15 is 0 Å². The predicted molar refractivity (Wildman–Crippen MR) is 112 cm³/mol. The predicted octanol–water partition coefficient (Wildman–Crippen LogP) is 1.92. The number of aromatic nitrogens is 5. The topological polar surface area (TPSA) is 110 Å². The van der Waals surface area contributed by atoms with E-state index in [0.717, 1.165) is 0 Å². The number of nitrogens with zero attached hydrogens (tertiary/aromatic N) is 7. The van der Waals surface area contributed by atoms with Gasteiger partial charge in [-0.25, -0.2) is 9.97 Å². The summed E-state index contributed by atoms with van der Waals surface area (Å²) in [5.41, 5.74) is 0.855. The molecule has 4 heterocycles. The highest BCUT2D eigenvalue weighted by atomic mass is 16.5. The molecule has 0 atom stereocenters. The van der Waals surface area contributed by atoms with Crippen LogP contribution >= 0.6 is 0 Å². The average Bonchev–Trinajstić information content (AvgIpc) is 3.43. The third-order valence-corrected chi connectivity index (χ3v) is 5.17. The molecule has 4 rings (SSSR count). The Bertz CT molecular complexity index is 1090. The van der Waals surface area contributed by atoms with E-state index in [1.54, 1.807) is 46.1 Å². The smallest absolute Gasteiger partial charge is 0.274 e. The Balaban J connectivity index is 1.45. The molecule has 10 heteroatoms. The summed E-state index contributed by atoms with van der Waals surface area (Å²) >= 11 is 0. The molecule has 1 aliphatic rings. The Hall–Kier alpha value is -3.56. The Morgan fingerprint density at radius 2 is 1.74 bits per heavy atom. The van der Waals surface area contributed by atoms with Gasteiger partial charge in [-0.05, 0) is 12.1 Å². The van der Waals surface area contributed by atoms with Crippen molar-refractivity contribution in [2.45, 2.75) is 33.1 Å². The SMILES string of the molecule is CC(=O)N1CCN(C(=O)c2cn(-c3ccc(-c4nc(C(C)(C)C)no4)cn3)cn2)CC1. The van der Waals surface area contributed by atoms with Gasteiger partial charge in [0.1, 0.15) is 17.8 Å². The van der Waals surface area contributed by atoms with Gasteiger partial charge in [-0.15, -0.1) is 0 Å². The zero-order chi connectivity index (χ0) is 22.2. The molecule has 0 N–H and O–H groups in total. The van der Waals surface area contributed by atoms with Gasteiger partial charge in [0, 0.05) is 50.9 Å². The first-order valence-corrected chi connectivity index (χ1v) is 10.1. The minimum Gasteiger partial charge on any atom is -0.339 e. The van der Waals surface area contributed by atoms with Gasteiger partial charge in [0.2, 0.25) is 5.91 Å². The Morgan fingerprint density at radius 3 is 2.32 bits per heavy atom. The molecule has 1 aliphatic heterocycles. The third-order valence-electron chi connectivity index (χ3n) is 5.17. The van der Waals surface area contributed by atoms with Crippen molar-refractivity contribution < 1.29 is 14.1 Å². The minimum atomic E-state index is -0.201. The van der Waals surface area contributed by atoms with Crippen LogP contribution in [0, 0.1) is 0 Å². The zero-order valence-electron chi connectivity index (χ0n) is 18.1. The maximum absolute atomic E-state index is 12.7. The molecule has 0 saturated carbocycles. The summed E-state index contributed by atoms with van der Waals surface area (Å²) < 4.78 is 7.04. The zero-order valence-corrected chi connectivity index (χ0v) is 18.1. The van der Waals surface area contributed by atoms with Crippen LogP contribution in [0.2, 0.25) is 0 Å². The molecule has 2 amide bonds. The van der Waals surface area contributed by atoms with E-state index in [-0.39, 0.29) is 17.2 Å². The molecule has 1 fully saturated rings. The van der Waals surface area contributed by atoms with Crippen LogP contribution in [0.5, 0.6) is 0 Å².